The van der Waals surface area contributed by atoms with Crippen molar-refractivity contribution in [1.29, 1.82) is 0 Å². The number of esters is 1. The van der Waals surface area contributed by atoms with E-state index in [4.69, 9.17) is 16.3 Å². The lowest BCUT2D eigenvalue weighted by Gasteiger charge is -2.40. The maximum absolute atomic E-state index is 12.5. The molecule has 29 heavy (non-hydrogen) atoms. The number of fused-ring (bicyclic) bond motifs is 1. The maximum Gasteiger partial charge on any atom is 0.315 e. The lowest BCUT2D eigenvalue weighted by Crippen LogP contribution is -2.53. The highest BCUT2D eigenvalue weighted by Crippen LogP contribution is 2.29. The Kier molecular flexibility index (Phi) is 5.48. The van der Waals surface area contributed by atoms with Gasteiger partial charge in [-0.2, -0.15) is 0 Å². The van der Waals surface area contributed by atoms with E-state index in [1.807, 2.05) is 31.2 Å². The first kappa shape index (κ1) is 19.7. The van der Waals surface area contributed by atoms with E-state index in [-0.39, 0.29) is 17.9 Å². The average Bonchev–Trinajstić information content (AvgIpc) is 3.05. The molecule has 0 aromatic heterocycles. The second-order valence-corrected chi connectivity index (χ2v) is 8.13. The molecule has 0 radical (unpaired) electrons. The number of rotatable bonds is 4. The van der Waals surface area contributed by atoms with Gasteiger partial charge in [0.2, 0.25) is 5.91 Å². The van der Waals surface area contributed by atoms with E-state index in [0.717, 1.165) is 41.5 Å². The molecule has 1 amide bonds. The first-order valence-corrected chi connectivity index (χ1v) is 10.2. The van der Waals surface area contributed by atoms with Crippen molar-refractivity contribution in [3.63, 3.8) is 0 Å². The number of ether oxygens (including phenoxy) is 1. The zero-order valence-corrected chi connectivity index (χ0v) is 17.3. The number of carbonyl (C=O) groups is 2. The summed E-state index contributed by atoms with van der Waals surface area (Å²) in [6.45, 7) is 6.98. The summed E-state index contributed by atoms with van der Waals surface area (Å²) in [6, 6.07) is 11.7. The van der Waals surface area contributed by atoms with Crippen molar-refractivity contribution in [2.45, 2.75) is 26.3 Å². The molecule has 0 unspecified atom stereocenters. The van der Waals surface area contributed by atoms with Crippen LogP contribution in [0.5, 0.6) is 5.75 Å². The minimum Gasteiger partial charge on any atom is -0.426 e. The van der Waals surface area contributed by atoms with Crippen molar-refractivity contribution in [3.8, 4) is 5.75 Å². The molecule has 6 nitrogen and oxygen atoms in total. The fraction of sp³-hybridized carbons (Fsp3) is 0.364. The quantitative estimate of drug-likeness (QED) is 0.615. The Morgan fingerprint density at radius 2 is 2.07 bits per heavy atom. The molecule has 1 N–H and O–H groups in total. The third-order valence-electron chi connectivity index (χ3n) is 5.53. The highest BCUT2D eigenvalue weighted by atomic mass is 35.5. The minimum absolute atomic E-state index is 0.0723. The fourth-order valence-corrected chi connectivity index (χ4v) is 3.98. The molecule has 2 heterocycles. The maximum atomic E-state index is 12.5. The van der Waals surface area contributed by atoms with Crippen LogP contribution in [0.2, 0.25) is 5.02 Å². The van der Waals surface area contributed by atoms with Crippen LogP contribution >= 0.6 is 11.6 Å². The Bertz CT molecular complexity index is 962. The summed E-state index contributed by atoms with van der Waals surface area (Å²) in [7, 11) is 0. The van der Waals surface area contributed by atoms with Crippen molar-refractivity contribution in [3.05, 3.63) is 52.5 Å². The van der Waals surface area contributed by atoms with E-state index < -0.39 is 0 Å². The van der Waals surface area contributed by atoms with E-state index in [9.17, 15) is 9.59 Å². The zero-order valence-electron chi connectivity index (χ0n) is 16.6. The number of halogens is 1. The Morgan fingerprint density at radius 1 is 1.24 bits per heavy atom. The van der Waals surface area contributed by atoms with Crippen molar-refractivity contribution < 1.29 is 14.3 Å². The van der Waals surface area contributed by atoms with E-state index in [1.54, 1.807) is 6.07 Å². The topological polar surface area (TPSA) is 61.9 Å². The summed E-state index contributed by atoms with van der Waals surface area (Å²) < 4.78 is 5.15. The van der Waals surface area contributed by atoms with Crippen LogP contribution in [-0.2, 0) is 16.0 Å². The van der Waals surface area contributed by atoms with E-state index >= 15 is 0 Å². The van der Waals surface area contributed by atoms with Crippen molar-refractivity contribution in [1.82, 2.24) is 4.90 Å². The number of amides is 1. The Morgan fingerprint density at radius 3 is 2.83 bits per heavy atom. The van der Waals surface area contributed by atoms with Crippen molar-refractivity contribution in [2.24, 2.45) is 0 Å². The lowest BCUT2D eigenvalue weighted by atomic mass is 10.1. The van der Waals surface area contributed by atoms with Crippen LogP contribution in [0.25, 0.3) is 0 Å². The zero-order chi connectivity index (χ0) is 20.5. The molecular weight excluding hydrogens is 390 g/mol. The monoisotopic (exact) mass is 413 g/mol. The first-order chi connectivity index (χ1) is 13.9. The Balaban J connectivity index is 1.33. The summed E-state index contributed by atoms with van der Waals surface area (Å²) >= 11 is 6.14. The molecule has 2 aromatic rings. The molecule has 1 saturated heterocycles. The molecule has 2 aromatic carbocycles. The number of benzene rings is 2. The number of aryl methyl sites for hydroxylation is 1. The van der Waals surface area contributed by atoms with Crippen LogP contribution in [0.3, 0.4) is 0 Å². The Labute approximate surface area is 175 Å². The molecule has 152 valence electrons. The standard InChI is InChI=1S/C22H24ClN3O3/c1-14-9-18(5-6-19(14)23)26-8-7-25(15(2)12-26)13-21(27)24-17-4-3-16-10-22(28)29-20(16)11-17/h3-6,9,11,15H,7-8,10,12-13H2,1-2H3,(H,24,27)/t15-/m1/s1. The number of nitrogens with one attached hydrogen (secondary N) is 1. The highest BCUT2D eigenvalue weighted by Gasteiger charge is 2.26. The average molecular weight is 414 g/mol. The van der Waals surface area contributed by atoms with Crippen LogP contribution in [0.15, 0.2) is 36.4 Å². The van der Waals surface area contributed by atoms with Gasteiger partial charge in [-0.15, -0.1) is 0 Å². The van der Waals surface area contributed by atoms with Gasteiger partial charge in [-0.05, 0) is 43.7 Å². The molecule has 1 atom stereocenters. The van der Waals surface area contributed by atoms with Crippen LogP contribution < -0.4 is 15.0 Å². The number of carbonyl (C=O) groups excluding carboxylic acids is 2. The van der Waals surface area contributed by atoms with Gasteiger partial charge in [0.25, 0.3) is 0 Å². The highest BCUT2D eigenvalue weighted by molar-refractivity contribution is 6.31. The lowest BCUT2D eigenvalue weighted by molar-refractivity contribution is -0.131. The molecule has 2 aliphatic heterocycles. The summed E-state index contributed by atoms with van der Waals surface area (Å²) in [6.07, 6.45) is 0.290. The molecule has 7 heteroatoms. The molecule has 0 bridgehead atoms. The molecule has 0 saturated carbocycles. The smallest absolute Gasteiger partial charge is 0.315 e. The molecule has 4 rings (SSSR count). The van der Waals surface area contributed by atoms with E-state index in [0.29, 0.717) is 24.4 Å². The predicted molar refractivity (Wildman–Crippen MR) is 114 cm³/mol. The summed E-state index contributed by atoms with van der Waals surface area (Å²) in [5.74, 6) is 0.205. The van der Waals surface area contributed by atoms with Crippen LogP contribution in [-0.4, -0.2) is 49.0 Å². The van der Waals surface area contributed by atoms with Gasteiger partial charge >= 0.3 is 5.97 Å². The normalized spacial score (nSPS) is 19.1. The molecule has 1 fully saturated rings. The van der Waals surface area contributed by atoms with Gasteiger partial charge in [-0.25, -0.2) is 0 Å². The SMILES string of the molecule is Cc1cc(N2CCN(CC(=O)Nc3ccc4c(c3)OC(=O)C4)[C@H](C)C2)ccc1Cl. The number of nitrogens with zero attached hydrogens (tertiary/aromatic N) is 2. The summed E-state index contributed by atoms with van der Waals surface area (Å²) in [5, 5.41) is 3.69. The Hall–Kier alpha value is -2.57. The van der Waals surface area contributed by atoms with Crippen LogP contribution in [0, 0.1) is 6.92 Å². The number of hydrogen-bond donors (Lipinski definition) is 1. The van der Waals surface area contributed by atoms with Gasteiger partial charge in [0.05, 0.1) is 13.0 Å². The van der Waals surface area contributed by atoms with Crippen molar-refractivity contribution in [2.75, 3.05) is 36.4 Å². The van der Waals surface area contributed by atoms with Crippen molar-refractivity contribution >= 4 is 34.9 Å². The third kappa shape index (κ3) is 4.38. The van der Waals surface area contributed by atoms with E-state index in [1.165, 1.54) is 0 Å². The second-order valence-electron chi connectivity index (χ2n) is 7.72. The third-order valence-corrected chi connectivity index (χ3v) is 5.95. The van der Waals surface area contributed by atoms with Gasteiger partial charge in [0, 0.05) is 53.7 Å². The fourth-order valence-electron chi connectivity index (χ4n) is 3.86. The molecule has 0 aliphatic carbocycles. The van der Waals surface area contributed by atoms with Crippen LogP contribution in [0.1, 0.15) is 18.1 Å². The van der Waals surface area contributed by atoms with Gasteiger partial charge in [0.1, 0.15) is 5.75 Å². The summed E-state index contributed by atoms with van der Waals surface area (Å²) in [5.41, 5.74) is 3.73. The van der Waals surface area contributed by atoms with Crippen LogP contribution in [0.4, 0.5) is 11.4 Å². The second kappa shape index (κ2) is 8.05. The largest absolute Gasteiger partial charge is 0.426 e. The van der Waals surface area contributed by atoms with Gasteiger partial charge in [0.15, 0.2) is 0 Å². The molecule has 0 spiro atoms. The minimum atomic E-state index is -0.258. The number of hydrogen-bond acceptors (Lipinski definition) is 5. The van der Waals surface area contributed by atoms with Gasteiger partial charge < -0.3 is 15.0 Å². The first-order valence-electron chi connectivity index (χ1n) is 9.77. The summed E-state index contributed by atoms with van der Waals surface area (Å²) in [4.78, 5) is 28.4. The predicted octanol–water partition coefficient (Wildman–Crippen LogP) is 3.26. The number of anilines is 2. The van der Waals surface area contributed by atoms with E-state index in [2.05, 4.69) is 28.1 Å². The molecule has 2 aliphatic rings. The van der Waals surface area contributed by atoms with Gasteiger partial charge in [-0.3, -0.25) is 14.5 Å². The van der Waals surface area contributed by atoms with Gasteiger partial charge in [-0.1, -0.05) is 17.7 Å². The molecular formula is C22H24ClN3O3. The number of piperazine rings is 1.